The molecule has 0 aliphatic carbocycles. The van der Waals surface area contributed by atoms with Gasteiger partial charge in [0.05, 0.1) is 26.5 Å². The van der Waals surface area contributed by atoms with E-state index in [4.69, 9.17) is 21.1 Å². The van der Waals surface area contributed by atoms with Gasteiger partial charge in [0.15, 0.2) is 0 Å². The second-order valence-electron chi connectivity index (χ2n) is 5.17. The number of carbonyl (C=O) groups excluding carboxylic acids is 1. The van der Waals surface area contributed by atoms with Crippen molar-refractivity contribution in [3.8, 4) is 11.5 Å². The number of rotatable bonds is 8. The highest BCUT2D eigenvalue weighted by Crippen LogP contribution is 2.28. The Balaban J connectivity index is 1.81. The molecule has 0 radical (unpaired) electrons. The van der Waals surface area contributed by atoms with Crippen LogP contribution in [0.25, 0.3) is 0 Å². The molecule has 0 unspecified atom stereocenters. The molecule has 0 atom stereocenters. The van der Waals surface area contributed by atoms with E-state index >= 15 is 0 Å². The van der Waals surface area contributed by atoms with Crippen molar-refractivity contribution in [2.45, 2.75) is 6.42 Å². The Kier molecular flexibility index (Phi) is 6.90. The molecule has 5 nitrogen and oxygen atoms in total. The van der Waals surface area contributed by atoms with Gasteiger partial charge in [0, 0.05) is 11.1 Å². The Morgan fingerprint density at radius 2 is 1.96 bits per heavy atom. The van der Waals surface area contributed by atoms with Crippen molar-refractivity contribution in [2.75, 3.05) is 32.6 Å². The summed E-state index contributed by atoms with van der Waals surface area (Å²) in [5.41, 5.74) is 1.71. The number of anilines is 1. The molecule has 2 N–H and O–H groups in total. The fourth-order valence-corrected chi connectivity index (χ4v) is 2.45. The molecular weight excluding hydrogens is 328 g/mol. The number of methoxy groups -OCH3 is 2. The predicted octanol–water partition coefficient (Wildman–Crippen LogP) is 3.13. The van der Waals surface area contributed by atoms with Crippen molar-refractivity contribution in [1.29, 1.82) is 0 Å². The summed E-state index contributed by atoms with van der Waals surface area (Å²) in [7, 11) is 3.13. The molecule has 2 aromatic carbocycles. The van der Waals surface area contributed by atoms with E-state index in [1.165, 1.54) is 0 Å². The zero-order valence-corrected chi connectivity index (χ0v) is 14.5. The number of amides is 1. The Hall–Kier alpha value is -2.24. The van der Waals surface area contributed by atoms with Gasteiger partial charge in [0.2, 0.25) is 5.91 Å². The first kappa shape index (κ1) is 18.1. The van der Waals surface area contributed by atoms with Gasteiger partial charge in [-0.25, -0.2) is 0 Å². The summed E-state index contributed by atoms with van der Waals surface area (Å²) in [6, 6.07) is 12.9. The number of halogens is 1. The molecule has 24 heavy (non-hydrogen) atoms. The third-order valence-electron chi connectivity index (χ3n) is 3.45. The SMILES string of the molecule is COc1ccc(OC)c(NC(=O)CNCCc2cccc(Cl)c2)c1. The molecule has 0 fully saturated rings. The maximum Gasteiger partial charge on any atom is 0.238 e. The quantitative estimate of drug-likeness (QED) is 0.720. The molecule has 0 aliphatic rings. The Labute approximate surface area is 146 Å². The summed E-state index contributed by atoms with van der Waals surface area (Å²) in [5, 5.41) is 6.65. The van der Waals surface area contributed by atoms with Gasteiger partial charge in [-0.1, -0.05) is 23.7 Å². The molecule has 2 rings (SSSR count). The number of hydrogen-bond acceptors (Lipinski definition) is 4. The summed E-state index contributed by atoms with van der Waals surface area (Å²) in [6.45, 7) is 0.893. The van der Waals surface area contributed by atoms with Gasteiger partial charge in [-0.3, -0.25) is 4.79 Å². The van der Waals surface area contributed by atoms with Gasteiger partial charge in [0.25, 0.3) is 0 Å². The minimum absolute atomic E-state index is 0.146. The van der Waals surface area contributed by atoms with Crippen LogP contribution in [0.4, 0.5) is 5.69 Å². The monoisotopic (exact) mass is 348 g/mol. The molecule has 128 valence electrons. The minimum Gasteiger partial charge on any atom is -0.497 e. The van der Waals surface area contributed by atoms with E-state index in [1.807, 2.05) is 24.3 Å². The van der Waals surface area contributed by atoms with Crippen LogP contribution in [0.2, 0.25) is 5.02 Å². The van der Waals surface area contributed by atoms with Crippen molar-refractivity contribution in [2.24, 2.45) is 0 Å². The first-order valence-corrected chi connectivity index (χ1v) is 7.97. The lowest BCUT2D eigenvalue weighted by atomic mass is 10.1. The number of carbonyl (C=O) groups is 1. The molecule has 0 heterocycles. The lowest BCUT2D eigenvalue weighted by Gasteiger charge is -2.12. The van der Waals surface area contributed by atoms with E-state index in [-0.39, 0.29) is 12.5 Å². The van der Waals surface area contributed by atoms with Crippen LogP contribution in [0, 0.1) is 0 Å². The fraction of sp³-hybridized carbons (Fsp3) is 0.278. The van der Waals surface area contributed by atoms with Crippen molar-refractivity contribution in [3.05, 3.63) is 53.1 Å². The maximum absolute atomic E-state index is 12.1. The van der Waals surface area contributed by atoms with Gasteiger partial charge in [0.1, 0.15) is 11.5 Å². The van der Waals surface area contributed by atoms with Crippen LogP contribution in [-0.4, -0.2) is 33.2 Å². The number of ether oxygens (including phenoxy) is 2. The van der Waals surface area contributed by atoms with Crippen LogP contribution in [0.15, 0.2) is 42.5 Å². The van der Waals surface area contributed by atoms with E-state index in [0.717, 1.165) is 17.0 Å². The molecule has 6 heteroatoms. The third kappa shape index (κ3) is 5.44. The average Bonchev–Trinajstić information content (AvgIpc) is 2.58. The van der Waals surface area contributed by atoms with Crippen LogP contribution >= 0.6 is 11.6 Å². The number of benzene rings is 2. The van der Waals surface area contributed by atoms with E-state index < -0.39 is 0 Å². The molecule has 0 saturated carbocycles. The van der Waals surface area contributed by atoms with E-state index in [9.17, 15) is 4.79 Å². The van der Waals surface area contributed by atoms with Gasteiger partial charge in [-0.2, -0.15) is 0 Å². The van der Waals surface area contributed by atoms with Crippen molar-refractivity contribution in [1.82, 2.24) is 5.32 Å². The second-order valence-corrected chi connectivity index (χ2v) is 5.61. The summed E-state index contributed by atoms with van der Waals surface area (Å²) in [4.78, 5) is 12.1. The molecular formula is C18H21ClN2O3. The standard InChI is InChI=1S/C18H21ClN2O3/c1-23-15-6-7-17(24-2)16(11-15)21-18(22)12-20-9-8-13-4-3-5-14(19)10-13/h3-7,10-11,20H,8-9,12H2,1-2H3,(H,21,22). The van der Waals surface area contributed by atoms with Gasteiger partial charge >= 0.3 is 0 Å². The molecule has 0 aromatic heterocycles. The predicted molar refractivity (Wildman–Crippen MR) is 96.2 cm³/mol. The molecule has 0 aliphatic heterocycles. The highest BCUT2D eigenvalue weighted by atomic mass is 35.5. The molecule has 0 saturated heterocycles. The first-order chi connectivity index (χ1) is 11.6. The zero-order valence-electron chi connectivity index (χ0n) is 13.8. The summed E-state index contributed by atoms with van der Waals surface area (Å²) >= 11 is 5.95. The topological polar surface area (TPSA) is 59.6 Å². The van der Waals surface area contributed by atoms with Crippen molar-refractivity contribution < 1.29 is 14.3 Å². The highest BCUT2D eigenvalue weighted by Gasteiger charge is 2.08. The first-order valence-electron chi connectivity index (χ1n) is 7.59. The van der Waals surface area contributed by atoms with Crippen molar-refractivity contribution in [3.63, 3.8) is 0 Å². The lowest BCUT2D eigenvalue weighted by molar-refractivity contribution is -0.115. The molecule has 0 spiro atoms. The number of hydrogen-bond donors (Lipinski definition) is 2. The molecule has 1 amide bonds. The van der Waals surface area contributed by atoms with Gasteiger partial charge in [-0.15, -0.1) is 0 Å². The summed E-state index contributed by atoms with van der Waals surface area (Å²) < 4.78 is 10.4. The molecule has 0 bridgehead atoms. The van der Waals surface area contributed by atoms with Crippen LogP contribution in [0.5, 0.6) is 11.5 Å². The second kappa shape index (κ2) is 9.15. The highest BCUT2D eigenvalue weighted by molar-refractivity contribution is 6.30. The van der Waals surface area contributed by atoms with Crippen molar-refractivity contribution >= 4 is 23.2 Å². The maximum atomic E-state index is 12.1. The van der Waals surface area contributed by atoms with Gasteiger partial charge in [-0.05, 0) is 42.8 Å². The number of nitrogens with one attached hydrogen (secondary N) is 2. The van der Waals surface area contributed by atoms with E-state index in [2.05, 4.69) is 10.6 Å². The minimum atomic E-state index is -0.146. The average molecular weight is 349 g/mol. The van der Waals surface area contributed by atoms with Crippen LogP contribution < -0.4 is 20.1 Å². The molecule has 2 aromatic rings. The summed E-state index contributed by atoms with van der Waals surface area (Å²) in [5.74, 6) is 1.09. The normalized spacial score (nSPS) is 10.3. The van der Waals surface area contributed by atoms with Crippen LogP contribution in [0.3, 0.4) is 0 Å². The Morgan fingerprint density at radius 3 is 2.67 bits per heavy atom. The third-order valence-corrected chi connectivity index (χ3v) is 3.68. The fourth-order valence-electron chi connectivity index (χ4n) is 2.23. The lowest BCUT2D eigenvalue weighted by Crippen LogP contribution is -2.29. The smallest absolute Gasteiger partial charge is 0.238 e. The van der Waals surface area contributed by atoms with Crippen LogP contribution in [-0.2, 0) is 11.2 Å². The van der Waals surface area contributed by atoms with E-state index in [1.54, 1.807) is 32.4 Å². The summed E-state index contributed by atoms with van der Waals surface area (Å²) in [6.07, 6.45) is 0.802. The van der Waals surface area contributed by atoms with Gasteiger partial charge < -0.3 is 20.1 Å². The van der Waals surface area contributed by atoms with E-state index in [0.29, 0.717) is 23.7 Å². The Bertz CT molecular complexity index is 692. The van der Waals surface area contributed by atoms with Crippen LogP contribution in [0.1, 0.15) is 5.56 Å². The largest absolute Gasteiger partial charge is 0.497 e. The zero-order chi connectivity index (χ0) is 17.4. The Morgan fingerprint density at radius 1 is 1.12 bits per heavy atom.